The molecule has 1 aliphatic carbocycles. The lowest BCUT2D eigenvalue weighted by molar-refractivity contribution is -0.157. The molecule has 0 saturated carbocycles. The van der Waals surface area contributed by atoms with Gasteiger partial charge >= 0.3 is 12.1 Å². The quantitative estimate of drug-likeness (QED) is 0.535. The molecule has 182 valence electrons. The summed E-state index contributed by atoms with van der Waals surface area (Å²) in [6, 6.07) is 14.0. The van der Waals surface area contributed by atoms with Crippen LogP contribution in [0.4, 0.5) is 4.79 Å². The number of amides is 4. The van der Waals surface area contributed by atoms with Crippen molar-refractivity contribution in [2.45, 2.75) is 37.8 Å². The first-order chi connectivity index (χ1) is 16.6. The van der Waals surface area contributed by atoms with E-state index >= 15 is 0 Å². The van der Waals surface area contributed by atoms with Gasteiger partial charge in [-0.2, -0.15) is 0 Å². The molecule has 1 unspecified atom stereocenters. The third kappa shape index (κ3) is 4.59. The first-order valence-corrected chi connectivity index (χ1v) is 11.1. The number of nitrogens with one attached hydrogen (secondary N) is 2. The Kier molecular flexibility index (Phi) is 6.29. The molecule has 0 spiro atoms. The zero-order valence-electron chi connectivity index (χ0n) is 19.2. The molecule has 3 N–H and O–H groups in total. The SMILES string of the molecule is CC1(C)C(=O)NC(=O)CN1C(=O)C(CC(=O)O)NC(=O)OCC1c2ccccc2-c2ccccc21. The minimum Gasteiger partial charge on any atom is -0.481 e. The molecule has 2 aromatic carbocycles. The third-order valence-corrected chi connectivity index (χ3v) is 6.36. The standard InChI is InChI=1S/C25H25N3O7/c1-25(2)23(33)27-20(29)12-28(25)22(32)19(11-21(30)31)26-24(34)35-13-18-16-9-5-3-7-14(16)15-8-4-6-10-17(15)18/h3-10,18-19H,11-13H2,1-2H3,(H,26,34)(H,30,31)(H,27,29,33). The van der Waals surface area contributed by atoms with E-state index in [1.807, 2.05) is 48.5 Å². The minimum atomic E-state index is -1.53. The Bertz CT molecular complexity index is 1180. The molecule has 0 bridgehead atoms. The summed E-state index contributed by atoms with van der Waals surface area (Å²) in [4.78, 5) is 62.2. The minimum absolute atomic E-state index is 0.0239. The molecule has 10 nitrogen and oxygen atoms in total. The van der Waals surface area contributed by atoms with Crippen molar-refractivity contribution in [3.63, 3.8) is 0 Å². The third-order valence-electron chi connectivity index (χ3n) is 6.36. The van der Waals surface area contributed by atoms with Crippen LogP contribution in [0.2, 0.25) is 0 Å². The maximum Gasteiger partial charge on any atom is 0.407 e. The molecule has 4 rings (SSSR count). The summed E-state index contributed by atoms with van der Waals surface area (Å²) in [7, 11) is 0. The Balaban J connectivity index is 1.48. The van der Waals surface area contributed by atoms with Gasteiger partial charge in [-0.3, -0.25) is 24.5 Å². The van der Waals surface area contributed by atoms with E-state index in [9.17, 15) is 29.1 Å². The van der Waals surface area contributed by atoms with Gasteiger partial charge in [0.25, 0.3) is 5.91 Å². The van der Waals surface area contributed by atoms with Gasteiger partial charge in [0, 0.05) is 5.92 Å². The van der Waals surface area contributed by atoms with Gasteiger partial charge in [-0.1, -0.05) is 48.5 Å². The van der Waals surface area contributed by atoms with E-state index in [1.165, 1.54) is 13.8 Å². The van der Waals surface area contributed by atoms with Gasteiger partial charge in [-0.05, 0) is 36.1 Å². The summed E-state index contributed by atoms with van der Waals surface area (Å²) in [5, 5.41) is 13.7. The lowest BCUT2D eigenvalue weighted by atomic mass is 9.97. The fourth-order valence-corrected chi connectivity index (χ4v) is 4.48. The summed E-state index contributed by atoms with van der Waals surface area (Å²) in [5.41, 5.74) is 2.68. The summed E-state index contributed by atoms with van der Waals surface area (Å²) in [6.45, 7) is 2.39. The number of carboxylic acids is 1. The van der Waals surface area contributed by atoms with Crippen molar-refractivity contribution in [2.75, 3.05) is 13.2 Å². The number of aliphatic carboxylic acids is 1. The number of nitrogens with zero attached hydrogens (tertiary/aromatic N) is 1. The van der Waals surface area contributed by atoms with Gasteiger partial charge < -0.3 is 20.1 Å². The molecular weight excluding hydrogens is 454 g/mol. The number of imide groups is 1. The van der Waals surface area contributed by atoms with Gasteiger partial charge in [-0.15, -0.1) is 0 Å². The van der Waals surface area contributed by atoms with Crippen molar-refractivity contribution in [1.29, 1.82) is 0 Å². The summed E-state index contributed by atoms with van der Waals surface area (Å²) in [5.74, 6) is -3.82. The Morgan fingerprint density at radius 3 is 2.23 bits per heavy atom. The largest absolute Gasteiger partial charge is 0.481 e. The maximum absolute atomic E-state index is 13.1. The fraction of sp³-hybridized carbons (Fsp3) is 0.320. The molecule has 1 heterocycles. The van der Waals surface area contributed by atoms with Crippen LogP contribution < -0.4 is 10.6 Å². The molecule has 10 heteroatoms. The second-order valence-corrected chi connectivity index (χ2v) is 8.98. The number of alkyl carbamates (subject to hydrolysis) is 1. The molecule has 1 saturated heterocycles. The van der Waals surface area contributed by atoms with E-state index < -0.39 is 54.3 Å². The van der Waals surface area contributed by atoms with E-state index in [0.717, 1.165) is 27.2 Å². The lowest BCUT2D eigenvalue weighted by Crippen LogP contribution is -2.68. The highest BCUT2D eigenvalue weighted by Gasteiger charge is 2.46. The highest BCUT2D eigenvalue weighted by Crippen LogP contribution is 2.44. The van der Waals surface area contributed by atoms with Gasteiger partial charge in [0.2, 0.25) is 11.8 Å². The molecule has 1 atom stereocenters. The van der Waals surface area contributed by atoms with Crippen molar-refractivity contribution in [2.24, 2.45) is 0 Å². The van der Waals surface area contributed by atoms with Crippen LogP contribution in [0.3, 0.4) is 0 Å². The average molecular weight is 479 g/mol. The zero-order chi connectivity index (χ0) is 25.3. The van der Waals surface area contributed by atoms with Crippen LogP contribution in [0.25, 0.3) is 11.1 Å². The molecule has 0 aromatic heterocycles. The molecule has 35 heavy (non-hydrogen) atoms. The Hall–Kier alpha value is -4.21. The van der Waals surface area contributed by atoms with Crippen molar-refractivity contribution in [1.82, 2.24) is 15.5 Å². The molecular formula is C25H25N3O7. The second-order valence-electron chi connectivity index (χ2n) is 8.98. The molecule has 0 radical (unpaired) electrons. The van der Waals surface area contributed by atoms with Crippen LogP contribution >= 0.6 is 0 Å². The maximum atomic E-state index is 13.1. The van der Waals surface area contributed by atoms with Crippen molar-refractivity contribution >= 4 is 29.8 Å². The number of rotatable bonds is 6. The number of hydrogen-bond acceptors (Lipinski definition) is 6. The van der Waals surface area contributed by atoms with Crippen LogP contribution in [-0.2, 0) is 23.9 Å². The number of carboxylic acid groups (broad SMARTS) is 1. The van der Waals surface area contributed by atoms with E-state index in [-0.39, 0.29) is 12.5 Å². The molecule has 2 aromatic rings. The van der Waals surface area contributed by atoms with Gasteiger partial charge in [0.15, 0.2) is 0 Å². The highest BCUT2D eigenvalue weighted by molar-refractivity contribution is 6.07. The fourth-order valence-electron chi connectivity index (χ4n) is 4.48. The van der Waals surface area contributed by atoms with Crippen molar-refractivity contribution in [3.05, 3.63) is 59.7 Å². The second kappa shape index (κ2) is 9.21. The van der Waals surface area contributed by atoms with Crippen molar-refractivity contribution < 1.29 is 33.8 Å². The van der Waals surface area contributed by atoms with Crippen LogP contribution in [0, 0.1) is 0 Å². The van der Waals surface area contributed by atoms with Crippen LogP contribution in [0.1, 0.15) is 37.3 Å². The molecule has 1 aliphatic heterocycles. The highest BCUT2D eigenvalue weighted by atomic mass is 16.5. The number of hydrogen-bond donors (Lipinski definition) is 3. The topological polar surface area (TPSA) is 142 Å². The number of ether oxygens (including phenoxy) is 1. The normalized spacial score (nSPS) is 17.1. The molecule has 2 aliphatic rings. The van der Waals surface area contributed by atoms with Gasteiger partial charge in [0.05, 0.1) is 6.42 Å². The number of benzene rings is 2. The van der Waals surface area contributed by atoms with Crippen LogP contribution in [0.15, 0.2) is 48.5 Å². The average Bonchev–Trinajstić information content (AvgIpc) is 3.13. The zero-order valence-corrected chi connectivity index (χ0v) is 19.2. The van der Waals surface area contributed by atoms with E-state index in [4.69, 9.17) is 4.74 Å². The van der Waals surface area contributed by atoms with Gasteiger partial charge in [-0.25, -0.2) is 4.79 Å². The van der Waals surface area contributed by atoms with E-state index in [2.05, 4.69) is 10.6 Å². The number of piperazine rings is 1. The monoisotopic (exact) mass is 479 g/mol. The number of fused-ring (bicyclic) bond motifs is 3. The Morgan fingerprint density at radius 1 is 1.09 bits per heavy atom. The Labute approximate surface area is 201 Å². The molecule has 1 fully saturated rings. The lowest BCUT2D eigenvalue weighted by Gasteiger charge is -2.41. The van der Waals surface area contributed by atoms with Crippen LogP contribution in [-0.4, -0.2) is 64.5 Å². The predicted molar refractivity (Wildman–Crippen MR) is 123 cm³/mol. The summed E-state index contributed by atoms with van der Waals surface area (Å²) in [6.07, 6.45) is -1.72. The Morgan fingerprint density at radius 2 is 1.66 bits per heavy atom. The first-order valence-electron chi connectivity index (χ1n) is 11.1. The predicted octanol–water partition coefficient (Wildman–Crippen LogP) is 1.63. The first kappa shape index (κ1) is 23.9. The summed E-state index contributed by atoms with van der Waals surface area (Å²) < 4.78 is 5.42. The van der Waals surface area contributed by atoms with E-state index in [0.29, 0.717) is 0 Å². The smallest absolute Gasteiger partial charge is 0.407 e. The van der Waals surface area contributed by atoms with Gasteiger partial charge in [0.1, 0.15) is 24.7 Å². The molecule has 4 amide bonds. The number of carbonyl (C=O) groups excluding carboxylic acids is 4. The van der Waals surface area contributed by atoms with E-state index in [1.54, 1.807) is 0 Å². The van der Waals surface area contributed by atoms with Crippen LogP contribution in [0.5, 0.6) is 0 Å². The number of carbonyl (C=O) groups is 5. The summed E-state index contributed by atoms with van der Waals surface area (Å²) >= 11 is 0. The van der Waals surface area contributed by atoms with Crippen molar-refractivity contribution in [3.8, 4) is 11.1 Å².